The molecule has 0 bridgehead atoms. The van der Waals surface area contributed by atoms with E-state index in [0.29, 0.717) is 18.7 Å². The Bertz CT molecular complexity index is 753. The van der Waals surface area contributed by atoms with Gasteiger partial charge in [-0.1, -0.05) is 31.0 Å². The normalized spacial score (nSPS) is 16.1. The highest BCUT2D eigenvalue weighted by molar-refractivity contribution is 5.87. The summed E-state index contributed by atoms with van der Waals surface area (Å²) in [5, 5.41) is 12.3. The highest BCUT2D eigenvalue weighted by Crippen LogP contribution is 2.41. The lowest BCUT2D eigenvalue weighted by Gasteiger charge is -2.30. The van der Waals surface area contributed by atoms with Gasteiger partial charge in [0.2, 0.25) is 0 Å². The third-order valence-corrected chi connectivity index (χ3v) is 5.06. The SMILES string of the molecule is O=C(O)c1ccc(CNCC2(c3ccc(F)cc3F)CCCC2)cc1. The molecule has 0 heterocycles. The monoisotopic (exact) mass is 345 g/mol. The van der Waals surface area contributed by atoms with Crippen molar-refractivity contribution in [1.82, 2.24) is 5.32 Å². The van der Waals surface area contributed by atoms with E-state index in [2.05, 4.69) is 5.32 Å². The zero-order chi connectivity index (χ0) is 17.9. The maximum absolute atomic E-state index is 14.3. The Labute approximate surface area is 145 Å². The molecule has 3 rings (SSSR count). The van der Waals surface area contributed by atoms with Crippen LogP contribution in [0.1, 0.15) is 47.2 Å². The molecule has 1 fully saturated rings. The Balaban J connectivity index is 1.69. The molecule has 2 N–H and O–H groups in total. The third kappa shape index (κ3) is 3.87. The molecule has 1 saturated carbocycles. The van der Waals surface area contributed by atoms with Crippen LogP contribution in [0, 0.1) is 11.6 Å². The highest BCUT2D eigenvalue weighted by atomic mass is 19.1. The third-order valence-electron chi connectivity index (χ3n) is 5.06. The van der Waals surface area contributed by atoms with E-state index in [4.69, 9.17) is 5.11 Å². The number of carboxylic acids is 1. The van der Waals surface area contributed by atoms with Crippen molar-refractivity contribution in [1.29, 1.82) is 0 Å². The molecule has 2 aromatic rings. The van der Waals surface area contributed by atoms with Gasteiger partial charge in [0.25, 0.3) is 0 Å². The Hall–Kier alpha value is -2.27. The van der Waals surface area contributed by atoms with Crippen LogP contribution < -0.4 is 5.32 Å². The van der Waals surface area contributed by atoms with E-state index in [-0.39, 0.29) is 11.0 Å². The van der Waals surface area contributed by atoms with Gasteiger partial charge in [-0.05, 0) is 42.2 Å². The number of rotatable bonds is 6. The maximum Gasteiger partial charge on any atom is 0.335 e. The van der Waals surface area contributed by atoms with E-state index in [1.807, 2.05) is 0 Å². The Kier molecular flexibility index (Phi) is 5.13. The quantitative estimate of drug-likeness (QED) is 0.822. The molecule has 0 amide bonds. The van der Waals surface area contributed by atoms with Gasteiger partial charge in [-0.2, -0.15) is 0 Å². The first-order chi connectivity index (χ1) is 12.0. The van der Waals surface area contributed by atoms with Crippen molar-refractivity contribution in [3.63, 3.8) is 0 Å². The van der Waals surface area contributed by atoms with Crippen molar-refractivity contribution < 1.29 is 18.7 Å². The van der Waals surface area contributed by atoms with E-state index in [1.54, 1.807) is 30.3 Å². The largest absolute Gasteiger partial charge is 0.478 e. The Morgan fingerprint density at radius 1 is 1.08 bits per heavy atom. The Morgan fingerprint density at radius 2 is 1.76 bits per heavy atom. The number of hydrogen-bond donors (Lipinski definition) is 2. The van der Waals surface area contributed by atoms with E-state index in [9.17, 15) is 13.6 Å². The predicted molar refractivity (Wildman–Crippen MR) is 91.6 cm³/mol. The molecule has 0 spiro atoms. The van der Waals surface area contributed by atoms with Gasteiger partial charge >= 0.3 is 5.97 Å². The van der Waals surface area contributed by atoms with Gasteiger partial charge < -0.3 is 10.4 Å². The number of benzene rings is 2. The summed E-state index contributed by atoms with van der Waals surface area (Å²) >= 11 is 0. The molecule has 5 heteroatoms. The molecule has 25 heavy (non-hydrogen) atoms. The van der Waals surface area contributed by atoms with Crippen LogP contribution in [-0.4, -0.2) is 17.6 Å². The van der Waals surface area contributed by atoms with E-state index >= 15 is 0 Å². The van der Waals surface area contributed by atoms with Gasteiger partial charge in [-0.15, -0.1) is 0 Å². The molecule has 0 saturated heterocycles. The number of halogens is 2. The summed E-state index contributed by atoms with van der Waals surface area (Å²) < 4.78 is 27.5. The highest BCUT2D eigenvalue weighted by Gasteiger charge is 2.37. The van der Waals surface area contributed by atoms with Crippen LogP contribution in [0.2, 0.25) is 0 Å². The van der Waals surface area contributed by atoms with Crippen molar-refractivity contribution >= 4 is 5.97 Å². The minimum atomic E-state index is -0.948. The van der Waals surface area contributed by atoms with Gasteiger partial charge in [-0.3, -0.25) is 0 Å². The lowest BCUT2D eigenvalue weighted by atomic mass is 9.78. The van der Waals surface area contributed by atoms with Gasteiger partial charge in [0.05, 0.1) is 5.56 Å². The molecule has 0 atom stereocenters. The number of carboxylic acid groups (broad SMARTS) is 1. The molecule has 1 aliphatic carbocycles. The summed E-state index contributed by atoms with van der Waals surface area (Å²) in [7, 11) is 0. The molecule has 0 unspecified atom stereocenters. The average Bonchev–Trinajstić information content (AvgIpc) is 3.05. The fraction of sp³-hybridized carbons (Fsp3) is 0.350. The van der Waals surface area contributed by atoms with Crippen molar-refractivity contribution in [3.8, 4) is 0 Å². The Morgan fingerprint density at radius 3 is 2.36 bits per heavy atom. The fourth-order valence-electron chi connectivity index (χ4n) is 3.72. The molecule has 0 radical (unpaired) electrons. The minimum Gasteiger partial charge on any atom is -0.478 e. The second kappa shape index (κ2) is 7.31. The second-order valence-corrected chi connectivity index (χ2v) is 6.72. The topological polar surface area (TPSA) is 49.3 Å². The summed E-state index contributed by atoms with van der Waals surface area (Å²) in [5.74, 6) is -1.98. The van der Waals surface area contributed by atoms with Crippen LogP contribution in [0.4, 0.5) is 8.78 Å². The maximum atomic E-state index is 14.3. The molecular formula is C20H21F2NO2. The van der Waals surface area contributed by atoms with Crippen LogP contribution >= 0.6 is 0 Å². The van der Waals surface area contributed by atoms with E-state index in [1.165, 1.54) is 6.07 Å². The van der Waals surface area contributed by atoms with E-state index < -0.39 is 17.6 Å². The minimum absolute atomic E-state index is 0.254. The standard InChI is InChI=1S/C20H21F2NO2/c21-16-7-8-17(18(22)11-16)20(9-1-2-10-20)13-23-12-14-3-5-15(6-4-14)19(24)25/h3-8,11,23H,1-2,9-10,12-13H2,(H,24,25). The molecule has 132 valence electrons. The van der Waals surface area contributed by atoms with Crippen molar-refractivity contribution in [2.45, 2.75) is 37.6 Å². The summed E-state index contributed by atoms with van der Waals surface area (Å²) in [6, 6.07) is 10.5. The molecule has 0 aromatic heterocycles. The van der Waals surface area contributed by atoms with E-state index in [0.717, 1.165) is 37.3 Å². The summed E-state index contributed by atoms with van der Waals surface area (Å²) in [5.41, 5.74) is 1.50. The molecule has 0 aliphatic heterocycles. The average molecular weight is 345 g/mol. The first-order valence-electron chi connectivity index (χ1n) is 8.49. The zero-order valence-corrected chi connectivity index (χ0v) is 13.9. The molecule has 1 aliphatic rings. The number of carbonyl (C=O) groups is 1. The van der Waals surface area contributed by atoms with Crippen molar-refractivity contribution in [2.24, 2.45) is 0 Å². The van der Waals surface area contributed by atoms with Crippen molar-refractivity contribution in [2.75, 3.05) is 6.54 Å². The van der Waals surface area contributed by atoms with Gasteiger partial charge in [0.1, 0.15) is 11.6 Å². The smallest absolute Gasteiger partial charge is 0.335 e. The number of aromatic carboxylic acids is 1. The van der Waals surface area contributed by atoms with Crippen LogP contribution in [0.5, 0.6) is 0 Å². The predicted octanol–water partition coefficient (Wildman–Crippen LogP) is 4.26. The molecule has 3 nitrogen and oxygen atoms in total. The molecular weight excluding hydrogens is 324 g/mol. The molecule has 2 aromatic carbocycles. The first-order valence-corrected chi connectivity index (χ1v) is 8.49. The lowest BCUT2D eigenvalue weighted by molar-refractivity contribution is 0.0697. The lowest BCUT2D eigenvalue weighted by Crippen LogP contribution is -2.36. The van der Waals surface area contributed by atoms with Gasteiger partial charge in [0, 0.05) is 24.6 Å². The van der Waals surface area contributed by atoms with Crippen LogP contribution in [0.25, 0.3) is 0 Å². The van der Waals surface area contributed by atoms with Gasteiger partial charge in [0.15, 0.2) is 0 Å². The van der Waals surface area contributed by atoms with Crippen LogP contribution in [0.15, 0.2) is 42.5 Å². The second-order valence-electron chi connectivity index (χ2n) is 6.72. The first kappa shape index (κ1) is 17.5. The summed E-state index contributed by atoms with van der Waals surface area (Å²) in [4.78, 5) is 10.9. The number of nitrogens with one attached hydrogen (secondary N) is 1. The van der Waals surface area contributed by atoms with Crippen LogP contribution in [0.3, 0.4) is 0 Å². The summed E-state index contributed by atoms with van der Waals surface area (Å²) in [6.07, 6.45) is 3.82. The zero-order valence-electron chi connectivity index (χ0n) is 13.9. The van der Waals surface area contributed by atoms with Crippen LogP contribution in [-0.2, 0) is 12.0 Å². The number of hydrogen-bond acceptors (Lipinski definition) is 2. The van der Waals surface area contributed by atoms with Crippen molar-refractivity contribution in [3.05, 3.63) is 70.8 Å². The summed E-state index contributed by atoms with van der Waals surface area (Å²) in [6.45, 7) is 1.18. The fourth-order valence-corrected chi connectivity index (χ4v) is 3.72. The van der Waals surface area contributed by atoms with Gasteiger partial charge in [-0.25, -0.2) is 13.6 Å².